The summed E-state index contributed by atoms with van der Waals surface area (Å²) < 4.78 is 12.3. The third kappa shape index (κ3) is 5.88. The first-order valence-corrected chi connectivity index (χ1v) is 8.34. The minimum Gasteiger partial charge on any atom is -0.375 e. The number of ether oxygens (including phenoxy) is 2. The molecule has 128 valence electrons. The molecule has 0 fully saturated rings. The Balaban J connectivity index is 4.94. The van der Waals surface area contributed by atoms with Gasteiger partial charge in [0.15, 0.2) is 0 Å². The molecular weight excluding hydrogens is 262 g/mol. The van der Waals surface area contributed by atoms with Crippen molar-refractivity contribution in [2.24, 2.45) is 17.1 Å². The van der Waals surface area contributed by atoms with Crippen LogP contribution in [-0.4, -0.2) is 30.0 Å². The molecule has 3 unspecified atom stereocenters. The zero-order chi connectivity index (χ0) is 17.1. The van der Waals surface area contributed by atoms with Crippen LogP contribution in [0.3, 0.4) is 0 Å². The van der Waals surface area contributed by atoms with Crippen molar-refractivity contribution in [1.29, 1.82) is 0 Å². The topological polar surface area (TPSA) is 44.5 Å². The molecule has 0 saturated carbocycles. The molecule has 0 rings (SSSR count). The SMILES string of the molecule is CCOC(C)(C)C(C)(C)C(C)C(C)OC(C)(C)CC(C)N. The second kappa shape index (κ2) is 7.43. The van der Waals surface area contributed by atoms with E-state index >= 15 is 0 Å². The molecule has 3 atom stereocenters. The van der Waals surface area contributed by atoms with Gasteiger partial charge in [-0.25, -0.2) is 0 Å². The first-order valence-electron chi connectivity index (χ1n) is 8.34. The maximum atomic E-state index is 6.33. The summed E-state index contributed by atoms with van der Waals surface area (Å²) in [5.74, 6) is 0.367. The van der Waals surface area contributed by atoms with Crippen molar-refractivity contribution in [2.45, 2.75) is 99.0 Å². The molecule has 0 aliphatic carbocycles. The molecule has 0 aliphatic rings. The summed E-state index contributed by atoms with van der Waals surface area (Å²) in [6.07, 6.45) is 1.01. The van der Waals surface area contributed by atoms with Gasteiger partial charge >= 0.3 is 0 Å². The van der Waals surface area contributed by atoms with Crippen molar-refractivity contribution in [3.63, 3.8) is 0 Å². The van der Waals surface area contributed by atoms with E-state index in [1.165, 1.54) is 0 Å². The maximum absolute atomic E-state index is 6.33. The summed E-state index contributed by atoms with van der Waals surface area (Å²) in [6.45, 7) is 22.4. The average Bonchev–Trinajstić information content (AvgIpc) is 2.24. The molecule has 0 saturated heterocycles. The van der Waals surface area contributed by atoms with E-state index < -0.39 is 0 Å². The van der Waals surface area contributed by atoms with Crippen molar-refractivity contribution >= 4 is 0 Å². The molecular formula is C18H39NO2. The third-order valence-electron chi connectivity index (χ3n) is 5.22. The van der Waals surface area contributed by atoms with Crippen LogP contribution in [0.2, 0.25) is 0 Å². The van der Waals surface area contributed by atoms with Gasteiger partial charge in [-0.2, -0.15) is 0 Å². The smallest absolute Gasteiger partial charge is 0.0680 e. The molecule has 0 aromatic heterocycles. The van der Waals surface area contributed by atoms with Gasteiger partial charge in [-0.15, -0.1) is 0 Å². The highest BCUT2D eigenvalue weighted by Gasteiger charge is 2.44. The van der Waals surface area contributed by atoms with Gasteiger partial charge in [0, 0.05) is 12.6 Å². The molecule has 0 heterocycles. The van der Waals surface area contributed by atoms with Crippen LogP contribution in [0, 0.1) is 11.3 Å². The largest absolute Gasteiger partial charge is 0.375 e. The summed E-state index contributed by atoms with van der Waals surface area (Å²) in [5, 5.41) is 0. The summed E-state index contributed by atoms with van der Waals surface area (Å²) in [6, 6.07) is 0.149. The van der Waals surface area contributed by atoms with E-state index in [1.807, 2.05) is 13.8 Å². The second-order valence-electron chi connectivity index (χ2n) is 8.22. The van der Waals surface area contributed by atoms with Crippen LogP contribution < -0.4 is 5.73 Å². The molecule has 0 radical (unpaired) electrons. The molecule has 3 heteroatoms. The Morgan fingerprint density at radius 3 is 1.81 bits per heavy atom. The normalized spacial score (nSPS) is 18.4. The van der Waals surface area contributed by atoms with Gasteiger partial charge in [0.25, 0.3) is 0 Å². The fourth-order valence-electron chi connectivity index (χ4n) is 3.11. The van der Waals surface area contributed by atoms with Gasteiger partial charge in [0.1, 0.15) is 0 Å². The fourth-order valence-corrected chi connectivity index (χ4v) is 3.11. The van der Waals surface area contributed by atoms with E-state index in [-0.39, 0.29) is 28.8 Å². The van der Waals surface area contributed by atoms with Crippen molar-refractivity contribution in [1.82, 2.24) is 0 Å². The first kappa shape index (κ1) is 20.9. The van der Waals surface area contributed by atoms with Crippen molar-refractivity contribution in [3.8, 4) is 0 Å². The number of hydrogen-bond donors (Lipinski definition) is 1. The van der Waals surface area contributed by atoms with Gasteiger partial charge in [-0.3, -0.25) is 0 Å². The summed E-state index contributed by atoms with van der Waals surface area (Å²) in [7, 11) is 0. The zero-order valence-corrected chi connectivity index (χ0v) is 16.0. The Kier molecular flexibility index (Phi) is 7.39. The van der Waals surface area contributed by atoms with Gasteiger partial charge in [0.2, 0.25) is 0 Å². The molecule has 0 aliphatic heterocycles. The quantitative estimate of drug-likeness (QED) is 0.687. The highest BCUT2D eigenvalue weighted by Crippen LogP contribution is 2.43. The molecule has 0 aromatic carbocycles. The predicted molar refractivity (Wildman–Crippen MR) is 91.5 cm³/mol. The third-order valence-corrected chi connectivity index (χ3v) is 5.22. The lowest BCUT2D eigenvalue weighted by molar-refractivity contribution is -0.162. The molecule has 21 heavy (non-hydrogen) atoms. The van der Waals surface area contributed by atoms with E-state index in [0.717, 1.165) is 13.0 Å². The Morgan fingerprint density at radius 1 is 0.952 bits per heavy atom. The molecule has 3 nitrogen and oxygen atoms in total. The van der Waals surface area contributed by atoms with E-state index in [0.29, 0.717) is 5.92 Å². The van der Waals surface area contributed by atoms with Crippen LogP contribution in [-0.2, 0) is 9.47 Å². The molecule has 0 aromatic rings. The van der Waals surface area contributed by atoms with Crippen LogP contribution in [0.1, 0.15) is 75.7 Å². The van der Waals surface area contributed by atoms with E-state index in [2.05, 4.69) is 55.4 Å². The van der Waals surface area contributed by atoms with Crippen molar-refractivity contribution in [3.05, 3.63) is 0 Å². The highest BCUT2D eigenvalue weighted by atomic mass is 16.5. The van der Waals surface area contributed by atoms with Gasteiger partial charge in [-0.1, -0.05) is 20.8 Å². The van der Waals surface area contributed by atoms with Crippen LogP contribution >= 0.6 is 0 Å². The van der Waals surface area contributed by atoms with Gasteiger partial charge in [0.05, 0.1) is 17.3 Å². The predicted octanol–water partition coefficient (Wildman–Crippen LogP) is 4.38. The number of nitrogens with two attached hydrogens (primary N) is 1. The van der Waals surface area contributed by atoms with Crippen LogP contribution in [0.5, 0.6) is 0 Å². The van der Waals surface area contributed by atoms with Crippen LogP contribution in [0.15, 0.2) is 0 Å². The second-order valence-corrected chi connectivity index (χ2v) is 8.22. The van der Waals surface area contributed by atoms with Crippen LogP contribution in [0.4, 0.5) is 0 Å². The average molecular weight is 302 g/mol. The monoisotopic (exact) mass is 301 g/mol. The molecule has 0 bridgehead atoms. The highest BCUT2D eigenvalue weighted by molar-refractivity contribution is 4.94. The lowest BCUT2D eigenvalue weighted by atomic mass is 9.66. The fraction of sp³-hybridized carbons (Fsp3) is 1.00. The van der Waals surface area contributed by atoms with E-state index in [4.69, 9.17) is 15.2 Å². The Labute approximate surface area is 133 Å². The summed E-state index contributed by atoms with van der Waals surface area (Å²) in [5.41, 5.74) is 5.54. The number of hydrogen-bond acceptors (Lipinski definition) is 3. The minimum atomic E-state index is -0.201. The molecule has 2 N–H and O–H groups in total. The Morgan fingerprint density at radius 2 is 1.43 bits per heavy atom. The number of rotatable bonds is 9. The lowest BCUT2D eigenvalue weighted by Crippen LogP contribution is -2.50. The molecule has 0 spiro atoms. The summed E-state index contributed by atoms with van der Waals surface area (Å²) >= 11 is 0. The maximum Gasteiger partial charge on any atom is 0.0680 e. The van der Waals surface area contributed by atoms with Crippen LogP contribution in [0.25, 0.3) is 0 Å². The zero-order valence-electron chi connectivity index (χ0n) is 16.0. The van der Waals surface area contributed by atoms with E-state index in [1.54, 1.807) is 0 Å². The molecule has 0 amide bonds. The van der Waals surface area contributed by atoms with Crippen molar-refractivity contribution < 1.29 is 9.47 Å². The Bertz CT molecular complexity index is 308. The first-order chi connectivity index (χ1) is 9.27. The standard InChI is InChI=1S/C18H39NO2/c1-11-20-18(9,10)17(7,8)14(3)15(4)21-16(5,6)12-13(2)19/h13-15H,11-12,19H2,1-10H3. The van der Waals surface area contributed by atoms with Gasteiger partial charge < -0.3 is 15.2 Å². The Hall–Kier alpha value is -0.120. The summed E-state index contributed by atoms with van der Waals surface area (Å²) in [4.78, 5) is 0. The van der Waals surface area contributed by atoms with E-state index in [9.17, 15) is 0 Å². The van der Waals surface area contributed by atoms with Crippen molar-refractivity contribution in [2.75, 3.05) is 6.61 Å². The lowest BCUT2D eigenvalue weighted by Gasteiger charge is -2.48. The van der Waals surface area contributed by atoms with Gasteiger partial charge in [-0.05, 0) is 66.2 Å². The minimum absolute atomic E-state index is 0.00678.